The summed E-state index contributed by atoms with van der Waals surface area (Å²) in [5.74, 6) is -0.222. The molecule has 1 aliphatic heterocycles. The Hall–Kier alpha value is -2.03. The van der Waals surface area contributed by atoms with Crippen molar-refractivity contribution in [2.24, 2.45) is 0 Å². The lowest BCUT2D eigenvalue weighted by atomic mass is 10.1. The predicted octanol–water partition coefficient (Wildman–Crippen LogP) is 3.10. The number of nitrogens with one attached hydrogen (secondary N) is 1. The summed E-state index contributed by atoms with van der Waals surface area (Å²) in [6.45, 7) is 1.87. The van der Waals surface area contributed by atoms with Gasteiger partial charge < -0.3 is 5.32 Å². The monoisotopic (exact) mass is 438 g/mol. The van der Waals surface area contributed by atoms with Gasteiger partial charge in [0.2, 0.25) is 5.91 Å². The molecule has 148 valence electrons. The topological polar surface area (TPSA) is 83.6 Å². The highest BCUT2D eigenvalue weighted by atomic mass is 35.5. The largest absolute Gasteiger partial charge is 0.349 e. The van der Waals surface area contributed by atoms with Crippen LogP contribution in [0.15, 0.2) is 53.4 Å². The number of fused-ring (bicyclic) bond motifs is 1. The van der Waals surface area contributed by atoms with Crippen molar-refractivity contribution in [3.63, 3.8) is 0 Å². The molecule has 1 heterocycles. The van der Waals surface area contributed by atoms with E-state index in [4.69, 9.17) is 11.6 Å². The number of nitrogens with zero attached hydrogens (tertiary/aromatic N) is 1. The van der Waals surface area contributed by atoms with Crippen LogP contribution in [0.1, 0.15) is 28.9 Å². The highest BCUT2D eigenvalue weighted by Crippen LogP contribution is 2.30. The maximum Gasteiger partial charge on any atom is 0.269 e. The fourth-order valence-corrected chi connectivity index (χ4v) is 5.66. The molecule has 0 aliphatic carbocycles. The molecular weight excluding hydrogens is 420 g/mol. The zero-order chi connectivity index (χ0) is 20.3. The Kier molecular flexibility index (Phi) is 6.32. The number of carbonyl (C=O) groups is 2. The molecule has 2 aromatic carbocycles. The minimum absolute atomic E-state index is 0.0217. The van der Waals surface area contributed by atoms with Gasteiger partial charge in [0, 0.05) is 17.3 Å². The molecule has 6 nitrogen and oxygen atoms in total. The number of hydrogen-bond acceptors (Lipinski definition) is 5. The van der Waals surface area contributed by atoms with Crippen LogP contribution in [0.5, 0.6) is 0 Å². The summed E-state index contributed by atoms with van der Waals surface area (Å²) in [7, 11) is -3.80. The van der Waals surface area contributed by atoms with Gasteiger partial charge in [-0.1, -0.05) is 41.9 Å². The van der Waals surface area contributed by atoms with Gasteiger partial charge in [0.25, 0.3) is 15.9 Å². The molecule has 0 spiro atoms. The maximum absolute atomic E-state index is 12.5. The summed E-state index contributed by atoms with van der Waals surface area (Å²) in [6.07, 6.45) is 0. The molecule has 1 aliphatic rings. The number of benzene rings is 2. The Labute approximate surface area is 173 Å². The van der Waals surface area contributed by atoms with Crippen molar-refractivity contribution in [2.75, 3.05) is 18.1 Å². The molecule has 0 saturated heterocycles. The third kappa shape index (κ3) is 4.19. The second-order valence-electron chi connectivity index (χ2n) is 6.24. The molecule has 9 heteroatoms. The molecule has 1 N–H and O–H groups in total. The number of rotatable bonds is 7. The van der Waals surface area contributed by atoms with Gasteiger partial charge in [-0.3, -0.25) is 9.59 Å². The van der Waals surface area contributed by atoms with Gasteiger partial charge in [-0.2, -0.15) is 11.8 Å². The summed E-state index contributed by atoms with van der Waals surface area (Å²) in [4.78, 5) is 24.5. The van der Waals surface area contributed by atoms with Crippen LogP contribution < -0.4 is 5.32 Å². The van der Waals surface area contributed by atoms with Crippen LogP contribution in [-0.2, 0) is 14.8 Å². The normalized spacial score (nSPS) is 15.9. The summed E-state index contributed by atoms with van der Waals surface area (Å²) in [5.41, 5.74) is 1.02. The fourth-order valence-electron chi connectivity index (χ4n) is 2.95. The number of halogens is 1. The molecule has 0 bridgehead atoms. The first kappa shape index (κ1) is 20.7. The molecule has 3 rings (SSSR count). The van der Waals surface area contributed by atoms with Crippen LogP contribution in [0.2, 0.25) is 5.02 Å². The van der Waals surface area contributed by atoms with Crippen molar-refractivity contribution in [1.82, 2.24) is 9.62 Å². The Morgan fingerprint density at radius 3 is 2.57 bits per heavy atom. The van der Waals surface area contributed by atoms with E-state index in [1.807, 2.05) is 25.1 Å². The molecule has 0 saturated carbocycles. The van der Waals surface area contributed by atoms with Gasteiger partial charge in [0.15, 0.2) is 0 Å². The SMILES string of the molecule is C[C@H](NC(=O)CSCCN1C(=O)c2ccccc2S1(=O)=O)c1ccccc1Cl. The van der Waals surface area contributed by atoms with E-state index >= 15 is 0 Å². The zero-order valence-corrected chi connectivity index (χ0v) is 17.5. The highest BCUT2D eigenvalue weighted by Gasteiger charge is 2.40. The van der Waals surface area contributed by atoms with Crippen molar-refractivity contribution in [1.29, 1.82) is 0 Å². The first-order valence-corrected chi connectivity index (χ1v) is 11.6. The lowest BCUT2D eigenvalue weighted by Crippen LogP contribution is -2.33. The Bertz CT molecular complexity index is 1010. The first-order chi connectivity index (χ1) is 13.3. The van der Waals surface area contributed by atoms with Gasteiger partial charge >= 0.3 is 0 Å². The van der Waals surface area contributed by atoms with Crippen molar-refractivity contribution < 1.29 is 18.0 Å². The third-order valence-corrected chi connectivity index (χ3v) is 7.46. The second-order valence-corrected chi connectivity index (χ2v) is 9.58. The minimum atomic E-state index is -3.80. The van der Waals surface area contributed by atoms with E-state index in [9.17, 15) is 18.0 Å². The quantitative estimate of drug-likeness (QED) is 0.671. The van der Waals surface area contributed by atoms with Crippen LogP contribution in [0, 0.1) is 0 Å². The average molecular weight is 439 g/mol. The number of thioether (sulfide) groups is 1. The standard InChI is InChI=1S/C19H19ClN2O4S2/c1-13(14-6-2-4-8-16(14)20)21-18(23)12-27-11-10-22-19(24)15-7-3-5-9-17(15)28(22,25)26/h2-9,13H,10-12H2,1H3,(H,21,23)/t13-/m0/s1. The van der Waals surface area contributed by atoms with Gasteiger partial charge in [-0.25, -0.2) is 12.7 Å². The summed E-state index contributed by atoms with van der Waals surface area (Å²) < 4.78 is 25.8. The molecule has 2 aromatic rings. The predicted molar refractivity (Wildman–Crippen MR) is 110 cm³/mol. The Morgan fingerprint density at radius 1 is 1.18 bits per heavy atom. The third-order valence-electron chi connectivity index (χ3n) is 4.33. The molecule has 0 aromatic heterocycles. The number of amides is 2. The van der Waals surface area contributed by atoms with Crippen LogP contribution in [-0.4, -0.2) is 42.6 Å². The Balaban J connectivity index is 1.49. The number of carbonyl (C=O) groups excluding carboxylic acids is 2. The van der Waals surface area contributed by atoms with Gasteiger partial charge in [0.1, 0.15) is 4.90 Å². The summed E-state index contributed by atoms with van der Waals surface area (Å²) in [5, 5.41) is 3.45. The molecule has 0 fully saturated rings. The van der Waals surface area contributed by atoms with E-state index in [-0.39, 0.29) is 34.7 Å². The van der Waals surface area contributed by atoms with E-state index < -0.39 is 15.9 Å². The van der Waals surface area contributed by atoms with Gasteiger partial charge in [-0.15, -0.1) is 0 Å². The molecule has 2 amide bonds. The number of hydrogen-bond donors (Lipinski definition) is 1. The average Bonchev–Trinajstić information content (AvgIpc) is 2.86. The van der Waals surface area contributed by atoms with Gasteiger partial charge in [0.05, 0.1) is 17.4 Å². The summed E-state index contributed by atoms with van der Waals surface area (Å²) in [6, 6.07) is 13.2. The molecular formula is C19H19ClN2O4S2. The lowest BCUT2D eigenvalue weighted by molar-refractivity contribution is -0.119. The molecule has 0 radical (unpaired) electrons. The smallest absolute Gasteiger partial charge is 0.269 e. The van der Waals surface area contributed by atoms with E-state index in [0.717, 1.165) is 9.87 Å². The van der Waals surface area contributed by atoms with E-state index in [0.29, 0.717) is 10.8 Å². The zero-order valence-electron chi connectivity index (χ0n) is 15.1. The molecule has 1 atom stereocenters. The van der Waals surface area contributed by atoms with Crippen molar-refractivity contribution in [3.8, 4) is 0 Å². The van der Waals surface area contributed by atoms with E-state index in [1.165, 1.54) is 23.9 Å². The van der Waals surface area contributed by atoms with Crippen LogP contribution in [0.4, 0.5) is 0 Å². The van der Waals surface area contributed by atoms with Crippen LogP contribution in [0.3, 0.4) is 0 Å². The van der Waals surface area contributed by atoms with Crippen molar-refractivity contribution in [2.45, 2.75) is 17.9 Å². The van der Waals surface area contributed by atoms with Crippen molar-refractivity contribution in [3.05, 3.63) is 64.7 Å². The highest BCUT2D eigenvalue weighted by molar-refractivity contribution is 8.00. The van der Waals surface area contributed by atoms with Crippen LogP contribution in [0.25, 0.3) is 0 Å². The van der Waals surface area contributed by atoms with E-state index in [2.05, 4.69) is 5.32 Å². The van der Waals surface area contributed by atoms with Crippen LogP contribution >= 0.6 is 23.4 Å². The minimum Gasteiger partial charge on any atom is -0.349 e. The lowest BCUT2D eigenvalue weighted by Gasteiger charge is -2.16. The Morgan fingerprint density at radius 2 is 1.86 bits per heavy atom. The van der Waals surface area contributed by atoms with E-state index in [1.54, 1.807) is 18.2 Å². The molecule has 28 heavy (non-hydrogen) atoms. The maximum atomic E-state index is 12.5. The fraction of sp³-hybridized carbons (Fsp3) is 0.263. The summed E-state index contributed by atoms with van der Waals surface area (Å²) >= 11 is 7.40. The second kappa shape index (κ2) is 8.55. The number of sulfonamides is 1. The van der Waals surface area contributed by atoms with Crippen molar-refractivity contribution >= 4 is 45.2 Å². The first-order valence-electron chi connectivity index (χ1n) is 8.60. The molecule has 0 unspecified atom stereocenters. The van der Waals surface area contributed by atoms with Gasteiger partial charge in [-0.05, 0) is 30.7 Å².